The maximum absolute atomic E-state index is 12.6. The van der Waals surface area contributed by atoms with Crippen molar-refractivity contribution in [3.05, 3.63) is 46.3 Å². The second kappa shape index (κ2) is 9.64. The van der Waals surface area contributed by atoms with Gasteiger partial charge in [-0.05, 0) is 69.6 Å². The maximum Gasteiger partial charge on any atom is 0.311 e. The van der Waals surface area contributed by atoms with Gasteiger partial charge in [0, 0.05) is 9.75 Å². The fraction of sp³-hybridized carbons (Fsp3) is 0.458. The van der Waals surface area contributed by atoms with Gasteiger partial charge in [0.15, 0.2) is 0 Å². The lowest BCUT2D eigenvalue weighted by Gasteiger charge is -2.25. The van der Waals surface area contributed by atoms with Gasteiger partial charge in [0.2, 0.25) is 11.8 Å². The van der Waals surface area contributed by atoms with Crippen LogP contribution in [0.25, 0.3) is 10.4 Å². The number of hydrogen-bond acceptors (Lipinski definition) is 5. The minimum absolute atomic E-state index is 0.00688. The highest BCUT2D eigenvalue weighted by Gasteiger charge is 2.32. The summed E-state index contributed by atoms with van der Waals surface area (Å²) >= 11 is 1.35. The van der Waals surface area contributed by atoms with Crippen molar-refractivity contribution in [3.63, 3.8) is 0 Å². The topological polar surface area (TPSA) is 112 Å². The van der Waals surface area contributed by atoms with E-state index in [-0.39, 0.29) is 18.5 Å². The number of nitrogens with two attached hydrogens (primary N) is 2. The van der Waals surface area contributed by atoms with E-state index in [0.29, 0.717) is 16.9 Å². The van der Waals surface area contributed by atoms with Crippen molar-refractivity contribution in [2.24, 2.45) is 16.9 Å². The summed E-state index contributed by atoms with van der Waals surface area (Å²) in [5, 5.41) is 0. The minimum Gasteiger partial charge on any atom is -0.462 e. The number of ether oxygens (including phenoxy) is 1. The van der Waals surface area contributed by atoms with Gasteiger partial charge < -0.3 is 16.2 Å². The van der Waals surface area contributed by atoms with E-state index >= 15 is 0 Å². The van der Waals surface area contributed by atoms with E-state index in [9.17, 15) is 14.4 Å². The lowest BCUT2D eigenvalue weighted by atomic mass is 9.86. The molecule has 1 saturated carbocycles. The van der Waals surface area contributed by atoms with E-state index < -0.39 is 17.2 Å². The molecule has 1 aromatic carbocycles. The molecule has 1 aliphatic rings. The molecule has 0 unspecified atom stereocenters. The quantitative estimate of drug-likeness (QED) is 0.572. The largest absolute Gasteiger partial charge is 0.462 e. The molecule has 2 aromatic rings. The number of aryl methyl sites for hydroxylation is 1. The number of carbonyl (C=O) groups is 3. The van der Waals surface area contributed by atoms with Crippen LogP contribution in [0.15, 0.2) is 30.3 Å². The molecule has 0 aliphatic heterocycles. The highest BCUT2D eigenvalue weighted by atomic mass is 32.1. The Kier molecular flexibility index (Phi) is 7.15. The number of esters is 1. The molecule has 31 heavy (non-hydrogen) atoms. The van der Waals surface area contributed by atoms with E-state index in [0.717, 1.165) is 48.1 Å². The van der Waals surface area contributed by atoms with Crippen molar-refractivity contribution < 1.29 is 19.1 Å². The summed E-state index contributed by atoms with van der Waals surface area (Å²) < 4.78 is 5.69. The van der Waals surface area contributed by atoms with Crippen LogP contribution < -0.4 is 11.5 Å². The van der Waals surface area contributed by atoms with Crippen molar-refractivity contribution in [1.82, 2.24) is 0 Å². The predicted molar refractivity (Wildman–Crippen MR) is 122 cm³/mol. The van der Waals surface area contributed by atoms with Gasteiger partial charge in [-0.1, -0.05) is 24.3 Å². The second-order valence-electron chi connectivity index (χ2n) is 8.85. The normalized spacial score (nSPS) is 14.5. The van der Waals surface area contributed by atoms with Crippen LogP contribution in [0.2, 0.25) is 0 Å². The standard InChI is InChI=1S/C24H30N2O4S/c1-24(2,23(29)30-17-5-3-4-6-17)12-11-15-7-9-16(10-8-15)19-13-18(22(26)28)20(31-19)14-21(25)27/h7-10,13,17H,3-6,11-12,14H2,1-2H3,(H2,25,27)(H2,26,28). The molecule has 3 rings (SSSR count). The zero-order valence-electron chi connectivity index (χ0n) is 18.1. The highest BCUT2D eigenvalue weighted by molar-refractivity contribution is 7.16. The molecular formula is C24H30N2O4S. The van der Waals surface area contributed by atoms with Crippen LogP contribution >= 0.6 is 11.3 Å². The van der Waals surface area contributed by atoms with Gasteiger partial charge in [0.05, 0.1) is 17.4 Å². The molecule has 4 N–H and O–H groups in total. The number of rotatable bonds is 9. The molecule has 1 aliphatic carbocycles. The highest BCUT2D eigenvalue weighted by Crippen LogP contribution is 2.33. The van der Waals surface area contributed by atoms with Crippen LogP contribution in [0.1, 0.15) is 66.8 Å². The van der Waals surface area contributed by atoms with Gasteiger partial charge in [-0.3, -0.25) is 14.4 Å². The fourth-order valence-corrected chi connectivity index (χ4v) is 4.96. The van der Waals surface area contributed by atoms with Crippen LogP contribution in [0.3, 0.4) is 0 Å². The number of benzene rings is 1. The smallest absolute Gasteiger partial charge is 0.311 e. The minimum atomic E-state index is -0.568. The third-order valence-corrected chi connectivity index (χ3v) is 7.00. The molecular weight excluding hydrogens is 412 g/mol. The lowest BCUT2D eigenvalue weighted by molar-refractivity contribution is -0.159. The van der Waals surface area contributed by atoms with Gasteiger partial charge in [0.25, 0.3) is 0 Å². The van der Waals surface area contributed by atoms with E-state index in [4.69, 9.17) is 16.2 Å². The SMILES string of the molecule is CC(C)(CCc1ccc(-c2cc(C(N)=O)c(CC(N)=O)s2)cc1)C(=O)OC1CCCC1. The van der Waals surface area contributed by atoms with E-state index in [1.54, 1.807) is 6.07 Å². The maximum atomic E-state index is 12.6. The fourth-order valence-electron chi connectivity index (χ4n) is 3.78. The number of primary amides is 2. The summed E-state index contributed by atoms with van der Waals surface area (Å²) in [6, 6.07) is 9.70. The first-order valence-corrected chi connectivity index (χ1v) is 11.5. The molecule has 0 bridgehead atoms. The van der Waals surface area contributed by atoms with Gasteiger partial charge >= 0.3 is 5.97 Å². The van der Waals surface area contributed by atoms with Crippen molar-refractivity contribution in [1.29, 1.82) is 0 Å². The second-order valence-corrected chi connectivity index (χ2v) is 9.98. The van der Waals surface area contributed by atoms with Crippen LogP contribution in [0, 0.1) is 5.41 Å². The number of thiophene rings is 1. The van der Waals surface area contributed by atoms with Gasteiger partial charge in [-0.2, -0.15) is 0 Å². The molecule has 0 saturated heterocycles. The Bertz CT molecular complexity index is 956. The number of amides is 2. The van der Waals surface area contributed by atoms with E-state index in [2.05, 4.69) is 0 Å². The summed E-state index contributed by atoms with van der Waals surface area (Å²) in [4.78, 5) is 37.0. The summed E-state index contributed by atoms with van der Waals surface area (Å²) in [6.07, 6.45) is 5.77. The van der Waals surface area contributed by atoms with Crippen LogP contribution in [-0.2, 0) is 27.2 Å². The Morgan fingerprint density at radius 3 is 2.32 bits per heavy atom. The summed E-state index contributed by atoms with van der Waals surface area (Å²) in [6.45, 7) is 3.88. The number of hydrogen-bond donors (Lipinski definition) is 2. The zero-order chi connectivity index (χ0) is 22.6. The van der Waals surface area contributed by atoms with Crippen LogP contribution in [-0.4, -0.2) is 23.9 Å². The van der Waals surface area contributed by atoms with Crippen molar-refractivity contribution >= 4 is 29.1 Å². The summed E-state index contributed by atoms with van der Waals surface area (Å²) in [5.74, 6) is -1.18. The van der Waals surface area contributed by atoms with Crippen molar-refractivity contribution in [2.75, 3.05) is 0 Å². The third kappa shape index (κ3) is 5.94. The molecule has 166 valence electrons. The average molecular weight is 443 g/mol. The van der Waals surface area contributed by atoms with Gasteiger partial charge in [0.1, 0.15) is 6.10 Å². The number of carbonyl (C=O) groups excluding carboxylic acids is 3. The summed E-state index contributed by atoms with van der Waals surface area (Å²) in [7, 11) is 0. The Morgan fingerprint density at radius 1 is 1.10 bits per heavy atom. The van der Waals surface area contributed by atoms with E-state index in [1.807, 2.05) is 38.1 Å². The van der Waals surface area contributed by atoms with Gasteiger partial charge in [-0.25, -0.2) is 0 Å². The first-order chi connectivity index (χ1) is 14.7. The molecule has 7 heteroatoms. The lowest BCUT2D eigenvalue weighted by Crippen LogP contribution is -2.30. The molecule has 1 aromatic heterocycles. The zero-order valence-corrected chi connectivity index (χ0v) is 18.9. The first kappa shape index (κ1) is 23.0. The van der Waals surface area contributed by atoms with Gasteiger partial charge in [-0.15, -0.1) is 11.3 Å². The Morgan fingerprint density at radius 2 is 1.74 bits per heavy atom. The first-order valence-electron chi connectivity index (χ1n) is 10.7. The Balaban J connectivity index is 1.64. The molecule has 6 nitrogen and oxygen atoms in total. The van der Waals surface area contributed by atoms with Crippen molar-refractivity contribution in [3.8, 4) is 10.4 Å². The third-order valence-electron chi connectivity index (χ3n) is 5.81. The Labute approximate surface area is 187 Å². The average Bonchev–Trinajstić information content (AvgIpc) is 3.36. The molecule has 1 fully saturated rings. The van der Waals surface area contributed by atoms with Crippen LogP contribution in [0.4, 0.5) is 0 Å². The Hall–Kier alpha value is -2.67. The molecule has 0 radical (unpaired) electrons. The monoisotopic (exact) mass is 442 g/mol. The van der Waals surface area contributed by atoms with Crippen LogP contribution in [0.5, 0.6) is 0 Å². The predicted octanol–water partition coefficient (Wildman–Crippen LogP) is 3.99. The summed E-state index contributed by atoms with van der Waals surface area (Å²) in [5.41, 5.74) is 12.6. The molecule has 0 spiro atoms. The molecule has 0 atom stereocenters. The molecule has 1 heterocycles. The molecule has 2 amide bonds. The van der Waals surface area contributed by atoms with Crippen molar-refractivity contribution in [2.45, 2.75) is 64.9 Å². The van der Waals surface area contributed by atoms with E-state index in [1.165, 1.54) is 11.3 Å².